The Morgan fingerprint density at radius 3 is 3.18 bits per heavy atom. The van der Waals surface area contributed by atoms with E-state index in [0.717, 1.165) is 30.8 Å². The fraction of sp³-hybridized carbons (Fsp3) is 0.667. The van der Waals surface area contributed by atoms with Gasteiger partial charge >= 0.3 is 0 Å². The van der Waals surface area contributed by atoms with E-state index in [0.29, 0.717) is 26.2 Å². The van der Waals surface area contributed by atoms with E-state index in [4.69, 9.17) is 4.74 Å². The molecule has 0 radical (unpaired) electrons. The molecule has 0 saturated carbocycles. The number of fused-ring (bicyclic) bond motifs is 1. The summed E-state index contributed by atoms with van der Waals surface area (Å²) in [6, 6.07) is 0. The predicted molar refractivity (Wildman–Crippen MR) is 62.9 cm³/mol. The number of aromatic nitrogens is 2. The predicted octanol–water partition coefficient (Wildman–Crippen LogP) is 0.529. The zero-order chi connectivity index (χ0) is 11.7. The van der Waals surface area contributed by atoms with Crippen molar-refractivity contribution >= 4 is 5.82 Å². The Hall–Kier alpha value is -1.20. The highest BCUT2D eigenvalue weighted by Crippen LogP contribution is 2.26. The van der Waals surface area contributed by atoms with E-state index in [2.05, 4.69) is 15.3 Å². The highest BCUT2D eigenvalue weighted by atomic mass is 16.5. The first-order chi connectivity index (χ1) is 8.27. The van der Waals surface area contributed by atoms with Crippen molar-refractivity contribution in [3.63, 3.8) is 0 Å². The van der Waals surface area contributed by atoms with Crippen molar-refractivity contribution in [2.24, 2.45) is 0 Å². The molecule has 2 heterocycles. The van der Waals surface area contributed by atoms with Crippen molar-refractivity contribution in [2.45, 2.75) is 31.3 Å². The zero-order valence-electron chi connectivity index (χ0n) is 9.78. The van der Waals surface area contributed by atoms with Crippen LogP contribution in [0.25, 0.3) is 0 Å². The Morgan fingerprint density at radius 1 is 1.41 bits per heavy atom. The maximum atomic E-state index is 10.2. The van der Waals surface area contributed by atoms with E-state index in [1.165, 1.54) is 5.56 Å². The summed E-state index contributed by atoms with van der Waals surface area (Å²) in [6.45, 7) is 1.55. The molecule has 17 heavy (non-hydrogen) atoms. The quantitative estimate of drug-likeness (QED) is 0.800. The van der Waals surface area contributed by atoms with Gasteiger partial charge in [0.1, 0.15) is 17.7 Å². The average molecular weight is 235 g/mol. The van der Waals surface area contributed by atoms with Gasteiger partial charge in [0, 0.05) is 30.8 Å². The first-order valence-electron chi connectivity index (χ1n) is 6.14. The topological polar surface area (TPSA) is 67.3 Å². The Bertz CT molecular complexity index is 416. The van der Waals surface area contributed by atoms with Gasteiger partial charge in [-0.3, -0.25) is 0 Å². The second-order valence-electron chi connectivity index (χ2n) is 4.88. The molecular formula is C12H17N3O2. The SMILES string of the molecule is OC1(CNc2ncnc3c2CCC3)CCOC1. The summed E-state index contributed by atoms with van der Waals surface area (Å²) in [6.07, 6.45) is 5.51. The fourth-order valence-electron chi connectivity index (χ4n) is 2.50. The molecule has 1 fully saturated rings. The normalized spacial score (nSPS) is 27.1. The van der Waals surface area contributed by atoms with Crippen LogP contribution < -0.4 is 5.32 Å². The van der Waals surface area contributed by atoms with Gasteiger partial charge in [0.05, 0.1) is 6.61 Å². The van der Waals surface area contributed by atoms with Gasteiger partial charge in [-0.25, -0.2) is 9.97 Å². The lowest BCUT2D eigenvalue weighted by Crippen LogP contribution is -2.37. The average Bonchev–Trinajstić information content (AvgIpc) is 2.95. The minimum Gasteiger partial charge on any atom is -0.386 e. The van der Waals surface area contributed by atoms with Gasteiger partial charge < -0.3 is 15.2 Å². The van der Waals surface area contributed by atoms with Crippen LogP contribution in [0.1, 0.15) is 24.1 Å². The molecule has 3 rings (SSSR count). The van der Waals surface area contributed by atoms with Crippen LogP contribution in [0.5, 0.6) is 0 Å². The molecule has 1 aliphatic heterocycles. The lowest BCUT2D eigenvalue weighted by Gasteiger charge is -2.21. The molecule has 0 bridgehead atoms. The maximum absolute atomic E-state index is 10.2. The molecule has 92 valence electrons. The number of hydrogen-bond acceptors (Lipinski definition) is 5. The van der Waals surface area contributed by atoms with Gasteiger partial charge in [-0.1, -0.05) is 0 Å². The highest BCUT2D eigenvalue weighted by molar-refractivity contribution is 5.48. The van der Waals surface area contributed by atoms with Crippen LogP contribution in [0, 0.1) is 0 Å². The van der Waals surface area contributed by atoms with Crippen molar-refractivity contribution in [2.75, 3.05) is 25.1 Å². The molecule has 0 spiro atoms. The van der Waals surface area contributed by atoms with Gasteiger partial charge in [-0.05, 0) is 19.3 Å². The number of ether oxygens (including phenoxy) is 1. The number of nitrogens with one attached hydrogen (secondary N) is 1. The Morgan fingerprint density at radius 2 is 2.35 bits per heavy atom. The van der Waals surface area contributed by atoms with Gasteiger partial charge in [0.2, 0.25) is 0 Å². The minimum absolute atomic E-state index is 0.410. The van der Waals surface area contributed by atoms with Crippen molar-refractivity contribution in [1.29, 1.82) is 0 Å². The van der Waals surface area contributed by atoms with E-state index in [1.54, 1.807) is 6.33 Å². The molecule has 1 unspecified atom stereocenters. The van der Waals surface area contributed by atoms with Crippen molar-refractivity contribution < 1.29 is 9.84 Å². The molecule has 1 aromatic rings. The Labute approximate surface area is 100 Å². The second kappa shape index (κ2) is 4.23. The summed E-state index contributed by atoms with van der Waals surface area (Å²) in [5.74, 6) is 0.882. The molecule has 1 atom stereocenters. The molecular weight excluding hydrogens is 218 g/mol. The first kappa shape index (κ1) is 10.9. The van der Waals surface area contributed by atoms with Gasteiger partial charge in [-0.15, -0.1) is 0 Å². The summed E-state index contributed by atoms with van der Waals surface area (Å²) in [4.78, 5) is 8.55. The van der Waals surface area contributed by atoms with Gasteiger partial charge in [0.25, 0.3) is 0 Å². The van der Waals surface area contributed by atoms with E-state index in [9.17, 15) is 5.11 Å². The molecule has 1 aromatic heterocycles. The van der Waals surface area contributed by atoms with E-state index in [-0.39, 0.29) is 0 Å². The molecule has 2 aliphatic rings. The molecule has 5 nitrogen and oxygen atoms in total. The second-order valence-corrected chi connectivity index (χ2v) is 4.88. The molecule has 0 aromatic carbocycles. The van der Waals surface area contributed by atoms with Crippen LogP contribution in [0.15, 0.2) is 6.33 Å². The van der Waals surface area contributed by atoms with Crippen LogP contribution in [0.3, 0.4) is 0 Å². The fourth-order valence-corrected chi connectivity index (χ4v) is 2.50. The third-order valence-electron chi connectivity index (χ3n) is 3.54. The van der Waals surface area contributed by atoms with E-state index < -0.39 is 5.60 Å². The van der Waals surface area contributed by atoms with Crippen LogP contribution in [0.2, 0.25) is 0 Å². The Balaban J connectivity index is 1.71. The monoisotopic (exact) mass is 235 g/mol. The third kappa shape index (κ3) is 2.12. The number of rotatable bonds is 3. The number of anilines is 1. The number of nitrogens with zero attached hydrogens (tertiary/aromatic N) is 2. The first-order valence-corrected chi connectivity index (χ1v) is 6.14. The van der Waals surface area contributed by atoms with Crippen LogP contribution >= 0.6 is 0 Å². The summed E-state index contributed by atoms with van der Waals surface area (Å²) in [7, 11) is 0. The molecule has 2 N–H and O–H groups in total. The highest BCUT2D eigenvalue weighted by Gasteiger charge is 2.32. The maximum Gasteiger partial charge on any atom is 0.132 e. The molecule has 1 aliphatic carbocycles. The Kier molecular flexibility index (Phi) is 2.72. The number of hydrogen-bond donors (Lipinski definition) is 2. The molecule has 5 heteroatoms. The summed E-state index contributed by atoms with van der Waals surface area (Å²) in [5, 5.41) is 13.4. The van der Waals surface area contributed by atoms with Crippen molar-refractivity contribution in [1.82, 2.24) is 9.97 Å². The summed E-state index contributed by atoms with van der Waals surface area (Å²) >= 11 is 0. The summed E-state index contributed by atoms with van der Waals surface area (Å²) in [5.41, 5.74) is 1.63. The standard InChI is InChI=1S/C12H17N3O2/c16-12(4-5-17-7-12)6-13-11-9-2-1-3-10(9)14-8-15-11/h8,16H,1-7H2,(H,13,14,15). The van der Waals surface area contributed by atoms with Crippen molar-refractivity contribution in [3.05, 3.63) is 17.6 Å². The van der Waals surface area contributed by atoms with E-state index in [1.807, 2.05) is 0 Å². The number of aliphatic hydroxyl groups is 1. The van der Waals surface area contributed by atoms with Gasteiger partial charge in [-0.2, -0.15) is 0 Å². The lowest BCUT2D eigenvalue weighted by molar-refractivity contribution is 0.0381. The van der Waals surface area contributed by atoms with Gasteiger partial charge in [0.15, 0.2) is 0 Å². The van der Waals surface area contributed by atoms with Crippen LogP contribution in [0.4, 0.5) is 5.82 Å². The van der Waals surface area contributed by atoms with Crippen molar-refractivity contribution in [3.8, 4) is 0 Å². The number of aryl methyl sites for hydroxylation is 1. The van der Waals surface area contributed by atoms with E-state index >= 15 is 0 Å². The van der Waals surface area contributed by atoms with Crippen LogP contribution in [-0.4, -0.2) is 40.4 Å². The summed E-state index contributed by atoms with van der Waals surface area (Å²) < 4.78 is 5.22. The zero-order valence-corrected chi connectivity index (χ0v) is 9.78. The molecule has 0 amide bonds. The smallest absolute Gasteiger partial charge is 0.132 e. The molecule has 1 saturated heterocycles. The lowest BCUT2D eigenvalue weighted by atomic mass is 10.0. The minimum atomic E-state index is -0.740. The third-order valence-corrected chi connectivity index (χ3v) is 3.54. The largest absolute Gasteiger partial charge is 0.386 e. The van der Waals surface area contributed by atoms with Crippen LogP contribution in [-0.2, 0) is 17.6 Å².